The maximum absolute atomic E-state index is 14.0. The van der Waals surface area contributed by atoms with E-state index in [1.807, 2.05) is 41.4 Å². The first-order valence-electron chi connectivity index (χ1n) is 14.7. The number of hydrogen-bond acceptors (Lipinski definition) is 9. The molecule has 236 valence electrons. The third-order valence-corrected chi connectivity index (χ3v) is 8.93. The van der Waals surface area contributed by atoms with E-state index in [1.54, 1.807) is 29.9 Å². The zero-order valence-electron chi connectivity index (χ0n) is 25.2. The van der Waals surface area contributed by atoms with Gasteiger partial charge in [-0.05, 0) is 54.3 Å². The number of aromatic amines is 1. The van der Waals surface area contributed by atoms with E-state index in [9.17, 15) is 18.8 Å². The van der Waals surface area contributed by atoms with Crippen LogP contribution < -0.4 is 31.7 Å². The quantitative estimate of drug-likeness (QED) is 0.252. The molecule has 1 fully saturated rings. The molecule has 2 aliphatic rings. The first kappa shape index (κ1) is 29.5. The van der Waals surface area contributed by atoms with Crippen molar-refractivity contribution in [3.63, 3.8) is 0 Å². The van der Waals surface area contributed by atoms with Gasteiger partial charge in [-0.25, -0.2) is 14.3 Å². The standard InChI is InChI=1S/C31H30ClFN10O3/c1-16-14-42(30-34-13-21(32)27(37-30)36-18-5-7-24-17(10-18)11-26(44)40(24)2)9-8-23(16)35-19-4-6-20-25(12-19)41(3)39-28(20)43-15-22(33)29(45)38-31(43)46/h4-7,10,12-13,15-16,23,35H,8-9,11,14H2,1-3H3,(H,34,36,37)(H,38,45,46)/t16-,23-/m1/s1. The highest BCUT2D eigenvalue weighted by atomic mass is 35.5. The fraction of sp³-hybridized carbons (Fsp3) is 0.290. The second-order valence-electron chi connectivity index (χ2n) is 11.7. The molecule has 0 saturated carbocycles. The predicted octanol–water partition coefficient (Wildman–Crippen LogP) is 3.58. The molecule has 2 atom stereocenters. The molecule has 13 nitrogen and oxygen atoms in total. The van der Waals surface area contributed by atoms with E-state index in [1.165, 1.54) is 0 Å². The molecule has 0 bridgehead atoms. The molecular formula is C31H30ClFN10O3. The van der Waals surface area contributed by atoms with Crippen LogP contribution in [-0.4, -0.2) is 61.4 Å². The van der Waals surface area contributed by atoms with Gasteiger partial charge in [0.2, 0.25) is 17.7 Å². The number of carbonyl (C=O) groups excluding carboxylic acids is 1. The average Bonchev–Trinajstić information content (AvgIpc) is 3.50. The number of aromatic nitrogens is 6. The normalized spacial score (nSPS) is 17.9. The Kier molecular flexibility index (Phi) is 7.23. The highest BCUT2D eigenvalue weighted by Gasteiger charge is 2.29. The number of amides is 1. The number of nitrogens with zero attached hydrogens (tertiary/aromatic N) is 7. The molecule has 15 heteroatoms. The Morgan fingerprint density at radius 3 is 2.70 bits per heavy atom. The molecule has 2 aromatic carbocycles. The summed E-state index contributed by atoms with van der Waals surface area (Å²) in [5.41, 5.74) is 2.42. The molecule has 3 aromatic heterocycles. The summed E-state index contributed by atoms with van der Waals surface area (Å²) in [7, 11) is 3.51. The average molecular weight is 645 g/mol. The summed E-state index contributed by atoms with van der Waals surface area (Å²) in [6.45, 7) is 3.60. The lowest BCUT2D eigenvalue weighted by molar-refractivity contribution is -0.117. The van der Waals surface area contributed by atoms with E-state index >= 15 is 0 Å². The number of aryl methyl sites for hydroxylation is 1. The van der Waals surface area contributed by atoms with Crippen LogP contribution in [0.5, 0.6) is 0 Å². The lowest BCUT2D eigenvalue weighted by Crippen LogP contribution is -2.46. The van der Waals surface area contributed by atoms with Crippen molar-refractivity contribution in [1.82, 2.24) is 29.3 Å². The third kappa shape index (κ3) is 5.23. The molecular weight excluding hydrogens is 615 g/mol. The number of nitrogens with one attached hydrogen (secondary N) is 3. The zero-order valence-corrected chi connectivity index (χ0v) is 26.0. The van der Waals surface area contributed by atoms with Gasteiger partial charge in [0.15, 0.2) is 11.6 Å². The van der Waals surface area contributed by atoms with Crippen LogP contribution >= 0.6 is 11.6 Å². The van der Waals surface area contributed by atoms with Crippen LogP contribution in [0.25, 0.3) is 16.7 Å². The molecule has 3 N–H and O–H groups in total. The van der Waals surface area contributed by atoms with Gasteiger partial charge in [-0.3, -0.25) is 19.3 Å². The van der Waals surface area contributed by atoms with Gasteiger partial charge in [-0.2, -0.15) is 14.5 Å². The molecule has 46 heavy (non-hydrogen) atoms. The summed E-state index contributed by atoms with van der Waals surface area (Å²) in [6.07, 6.45) is 3.63. The van der Waals surface area contributed by atoms with Crippen LogP contribution in [0.4, 0.5) is 33.2 Å². The molecule has 7 rings (SSSR count). The van der Waals surface area contributed by atoms with Crippen LogP contribution in [0.2, 0.25) is 5.02 Å². The van der Waals surface area contributed by atoms with Crippen molar-refractivity contribution in [1.29, 1.82) is 0 Å². The molecule has 5 aromatic rings. The Hall–Kier alpha value is -5.24. The lowest BCUT2D eigenvalue weighted by Gasteiger charge is -2.37. The van der Waals surface area contributed by atoms with Gasteiger partial charge in [0.1, 0.15) is 5.02 Å². The van der Waals surface area contributed by atoms with E-state index in [0.717, 1.165) is 51.9 Å². The zero-order chi connectivity index (χ0) is 32.3. The number of H-pyrrole nitrogens is 1. The molecule has 0 radical (unpaired) electrons. The van der Waals surface area contributed by atoms with E-state index in [-0.39, 0.29) is 23.7 Å². The number of likely N-dealkylation sites (N-methyl/N-ethyl adjacent to an activating group) is 1. The van der Waals surface area contributed by atoms with E-state index < -0.39 is 17.1 Å². The summed E-state index contributed by atoms with van der Waals surface area (Å²) in [4.78, 5) is 51.0. The summed E-state index contributed by atoms with van der Waals surface area (Å²) in [5.74, 6) is 0.517. The molecule has 2 aliphatic heterocycles. The SMILES string of the molecule is C[C@@H]1CN(c2ncc(Cl)c(Nc3ccc4c(c3)CC(=O)N4C)n2)CC[C@H]1Nc1ccc2c(-n3cc(F)c(=O)[nH]c3=O)nn(C)c2c1. The molecule has 1 saturated heterocycles. The van der Waals surface area contributed by atoms with Crippen molar-refractivity contribution in [2.45, 2.75) is 25.8 Å². The highest BCUT2D eigenvalue weighted by molar-refractivity contribution is 6.32. The monoisotopic (exact) mass is 644 g/mol. The molecule has 0 aliphatic carbocycles. The summed E-state index contributed by atoms with van der Waals surface area (Å²) in [6, 6.07) is 11.6. The maximum Gasteiger partial charge on any atom is 0.334 e. The van der Waals surface area contributed by atoms with E-state index in [2.05, 4.69) is 32.5 Å². The fourth-order valence-electron chi connectivity index (χ4n) is 6.15. The first-order chi connectivity index (χ1) is 22.0. The summed E-state index contributed by atoms with van der Waals surface area (Å²) >= 11 is 6.47. The topological polar surface area (TPSA) is 146 Å². The van der Waals surface area contributed by atoms with Crippen molar-refractivity contribution in [3.05, 3.63) is 86.0 Å². The minimum Gasteiger partial charge on any atom is -0.382 e. The van der Waals surface area contributed by atoms with Gasteiger partial charge in [0, 0.05) is 55.7 Å². The van der Waals surface area contributed by atoms with Crippen LogP contribution in [0.3, 0.4) is 0 Å². The largest absolute Gasteiger partial charge is 0.382 e. The fourth-order valence-corrected chi connectivity index (χ4v) is 6.29. The van der Waals surface area contributed by atoms with Gasteiger partial charge in [0.05, 0.1) is 24.3 Å². The summed E-state index contributed by atoms with van der Waals surface area (Å²) < 4.78 is 16.6. The number of benzene rings is 2. The molecule has 5 heterocycles. The number of fused-ring (bicyclic) bond motifs is 2. The smallest absolute Gasteiger partial charge is 0.334 e. The second-order valence-corrected chi connectivity index (χ2v) is 12.1. The molecule has 1 amide bonds. The van der Waals surface area contributed by atoms with Crippen LogP contribution in [-0.2, 0) is 18.3 Å². The Balaban J connectivity index is 1.05. The lowest BCUT2D eigenvalue weighted by atomic mass is 9.93. The first-order valence-corrected chi connectivity index (χ1v) is 15.1. The van der Waals surface area contributed by atoms with Gasteiger partial charge in [0.25, 0.3) is 5.56 Å². The van der Waals surface area contributed by atoms with Crippen molar-refractivity contribution < 1.29 is 9.18 Å². The Morgan fingerprint density at radius 1 is 1.09 bits per heavy atom. The number of rotatable bonds is 6. The van der Waals surface area contributed by atoms with Crippen LogP contribution in [0, 0.1) is 11.7 Å². The van der Waals surface area contributed by atoms with Crippen molar-refractivity contribution >= 4 is 57.2 Å². The Labute approximate surface area is 266 Å². The van der Waals surface area contributed by atoms with E-state index in [4.69, 9.17) is 16.6 Å². The number of anilines is 5. The molecule has 0 spiro atoms. The van der Waals surface area contributed by atoms with E-state index in [0.29, 0.717) is 35.1 Å². The van der Waals surface area contributed by atoms with Gasteiger partial charge >= 0.3 is 5.69 Å². The number of halogens is 2. The van der Waals surface area contributed by atoms with Gasteiger partial charge < -0.3 is 20.4 Å². The highest BCUT2D eigenvalue weighted by Crippen LogP contribution is 2.33. The maximum atomic E-state index is 14.0. The minimum atomic E-state index is -1.07. The van der Waals surface area contributed by atoms with Gasteiger partial charge in [-0.15, -0.1) is 0 Å². The van der Waals surface area contributed by atoms with Gasteiger partial charge in [-0.1, -0.05) is 18.5 Å². The van der Waals surface area contributed by atoms with Crippen LogP contribution in [0.1, 0.15) is 18.9 Å². The van der Waals surface area contributed by atoms with Crippen molar-refractivity contribution in [2.75, 3.05) is 40.6 Å². The third-order valence-electron chi connectivity index (χ3n) is 8.65. The Bertz CT molecular complexity index is 2140. The molecule has 0 unspecified atom stereocenters. The number of carbonyl (C=O) groups is 1. The minimum absolute atomic E-state index is 0.0617. The number of piperidine rings is 1. The summed E-state index contributed by atoms with van der Waals surface area (Å²) in [5, 5.41) is 12.4. The second kappa shape index (κ2) is 11.3. The van der Waals surface area contributed by atoms with Crippen molar-refractivity contribution in [3.8, 4) is 5.82 Å². The van der Waals surface area contributed by atoms with Crippen LogP contribution in [0.15, 0.2) is 58.4 Å². The number of hydrogen-bond donors (Lipinski definition) is 3. The Morgan fingerprint density at radius 2 is 1.89 bits per heavy atom. The predicted molar refractivity (Wildman–Crippen MR) is 174 cm³/mol. The van der Waals surface area contributed by atoms with Crippen molar-refractivity contribution in [2.24, 2.45) is 13.0 Å².